The molecular weight excluding hydrogens is 308 g/mol. The first-order chi connectivity index (χ1) is 12.2. The number of allylic oxidation sites excluding steroid dienone is 9. The number of unbranched alkanes of at least 4 members (excludes halogenated alkanes) is 6. The van der Waals surface area contributed by atoms with Gasteiger partial charge in [-0.15, -0.1) is 0 Å². The van der Waals surface area contributed by atoms with Crippen LogP contribution in [0, 0.1) is 0 Å². The Labute approximate surface area is 154 Å². The molecule has 0 heterocycles. The quantitative estimate of drug-likeness (QED) is 0.148. The second kappa shape index (κ2) is 18.5. The highest BCUT2D eigenvalue weighted by Crippen LogP contribution is 2.08. The molecule has 1 N–H and O–H groups in total. The van der Waals surface area contributed by atoms with Gasteiger partial charge in [0.05, 0.1) is 0 Å². The zero-order valence-corrected chi connectivity index (χ0v) is 16.1. The standard InChI is InChI=1S/C23H36O2/c1-3-4-5-6-7-8-9-10-11-12-13-14-15-16-17-18-19-20-21-22(2)23(24)25/h4-5,7-8,10-11,19-21H,3,6,9,12-18H2,1-2H3,(H,24,25)/b5-4-,8-7-,11-10-,20-19+,22-21+. The highest BCUT2D eigenvalue weighted by molar-refractivity contribution is 5.86. The van der Waals surface area contributed by atoms with Crippen LogP contribution in [0.5, 0.6) is 0 Å². The summed E-state index contributed by atoms with van der Waals surface area (Å²) < 4.78 is 0. The summed E-state index contributed by atoms with van der Waals surface area (Å²) in [4.78, 5) is 10.6. The molecule has 0 rings (SSSR count). The Balaban J connectivity index is 3.40. The van der Waals surface area contributed by atoms with Gasteiger partial charge in [0.1, 0.15) is 0 Å². The van der Waals surface area contributed by atoms with Gasteiger partial charge in [-0.05, 0) is 51.9 Å². The zero-order chi connectivity index (χ0) is 18.6. The van der Waals surface area contributed by atoms with Crippen molar-refractivity contribution in [3.05, 3.63) is 60.3 Å². The molecule has 0 aromatic heterocycles. The Morgan fingerprint density at radius 1 is 0.760 bits per heavy atom. The van der Waals surface area contributed by atoms with Gasteiger partial charge in [-0.1, -0.05) is 80.9 Å². The molecular formula is C23H36O2. The van der Waals surface area contributed by atoms with Crippen molar-refractivity contribution in [1.82, 2.24) is 0 Å². The normalized spacial score (nSPS) is 13.1. The van der Waals surface area contributed by atoms with Crippen molar-refractivity contribution in [2.45, 2.75) is 78.1 Å². The van der Waals surface area contributed by atoms with Crippen LogP contribution in [-0.2, 0) is 4.79 Å². The van der Waals surface area contributed by atoms with E-state index >= 15 is 0 Å². The van der Waals surface area contributed by atoms with E-state index in [1.54, 1.807) is 13.0 Å². The van der Waals surface area contributed by atoms with Crippen LogP contribution in [0.3, 0.4) is 0 Å². The van der Waals surface area contributed by atoms with Crippen LogP contribution in [0.15, 0.2) is 60.3 Å². The van der Waals surface area contributed by atoms with Crippen molar-refractivity contribution in [2.24, 2.45) is 0 Å². The lowest BCUT2D eigenvalue weighted by Gasteiger charge is -1.98. The van der Waals surface area contributed by atoms with Crippen LogP contribution in [0.25, 0.3) is 0 Å². The molecule has 2 nitrogen and oxygen atoms in total. The van der Waals surface area contributed by atoms with E-state index in [1.807, 2.05) is 6.08 Å². The molecule has 0 aliphatic rings. The Morgan fingerprint density at radius 3 is 1.88 bits per heavy atom. The van der Waals surface area contributed by atoms with Gasteiger partial charge >= 0.3 is 5.97 Å². The summed E-state index contributed by atoms with van der Waals surface area (Å²) >= 11 is 0. The maximum Gasteiger partial charge on any atom is 0.331 e. The maximum atomic E-state index is 10.6. The number of hydrogen-bond donors (Lipinski definition) is 1. The summed E-state index contributed by atoms with van der Waals surface area (Å²) in [6, 6.07) is 0. The molecule has 0 fully saturated rings. The van der Waals surface area contributed by atoms with Crippen molar-refractivity contribution in [3.8, 4) is 0 Å². The smallest absolute Gasteiger partial charge is 0.331 e. The Morgan fingerprint density at radius 2 is 1.28 bits per heavy atom. The lowest BCUT2D eigenvalue weighted by Crippen LogP contribution is -1.94. The van der Waals surface area contributed by atoms with E-state index in [-0.39, 0.29) is 0 Å². The Bertz CT molecular complexity index is 464. The van der Waals surface area contributed by atoms with Gasteiger partial charge in [0.2, 0.25) is 0 Å². The van der Waals surface area contributed by atoms with Crippen molar-refractivity contribution < 1.29 is 9.90 Å². The average molecular weight is 345 g/mol. The van der Waals surface area contributed by atoms with E-state index in [2.05, 4.69) is 49.5 Å². The van der Waals surface area contributed by atoms with Gasteiger partial charge in [-0.3, -0.25) is 0 Å². The van der Waals surface area contributed by atoms with Gasteiger partial charge in [0.15, 0.2) is 0 Å². The second-order valence-corrected chi connectivity index (χ2v) is 6.22. The van der Waals surface area contributed by atoms with Gasteiger partial charge in [0.25, 0.3) is 0 Å². The van der Waals surface area contributed by atoms with Crippen LogP contribution < -0.4 is 0 Å². The number of carboxylic acids is 1. The molecule has 0 aromatic carbocycles. The molecule has 0 aliphatic carbocycles. The third-order valence-corrected chi connectivity index (χ3v) is 3.84. The molecule has 0 aliphatic heterocycles. The molecule has 0 saturated heterocycles. The molecule has 0 spiro atoms. The summed E-state index contributed by atoms with van der Waals surface area (Å²) in [5.74, 6) is -0.848. The average Bonchev–Trinajstić information content (AvgIpc) is 2.60. The first kappa shape index (κ1) is 23.2. The SMILES string of the molecule is CC/C=C\C/C=C\C/C=C\CCCCCCC/C=C/C=C(\C)C(=O)O. The second-order valence-electron chi connectivity index (χ2n) is 6.22. The first-order valence-corrected chi connectivity index (χ1v) is 9.70. The Hall–Kier alpha value is -1.83. The van der Waals surface area contributed by atoms with Gasteiger partial charge in [0, 0.05) is 5.57 Å². The van der Waals surface area contributed by atoms with Crippen molar-refractivity contribution in [1.29, 1.82) is 0 Å². The van der Waals surface area contributed by atoms with Crippen LogP contribution in [-0.4, -0.2) is 11.1 Å². The van der Waals surface area contributed by atoms with Gasteiger partial charge in [-0.2, -0.15) is 0 Å². The van der Waals surface area contributed by atoms with E-state index < -0.39 is 5.97 Å². The topological polar surface area (TPSA) is 37.3 Å². The molecule has 0 saturated carbocycles. The molecule has 140 valence electrons. The lowest BCUT2D eigenvalue weighted by atomic mass is 10.1. The van der Waals surface area contributed by atoms with Crippen LogP contribution in [0.2, 0.25) is 0 Å². The molecule has 0 aromatic rings. The predicted molar refractivity (Wildman–Crippen MR) is 110 cm³/mol. The summed E-state index contributed by atoms with van der Waals surface area (Å²) in [6.45, 7) is 3.77. The predicted octanol–water partition coefficient (Wildman–Crippen LogP) is 7.16. The van der Waals surface area contributed by atoms with Gasteiger partial charge in [-0.25, -0.2) is 4.79 Å². The molecule has 0 bridgehead atoms. The van der Waals surface area contributed by atoms with E-state index in [0.717, 1.165) is 25.7 Å². The summed E-state index contributed by atoms with van der Waals surface area (Å²) in [5.41, 5.74) is 0.383. The fourth-order valence-electron chi connectivity index (χ4n) is 2.26. The van der Waals surface area contributed by atoms with Crippen LogP contribution in [0.1, 0.15) is 78.1 Å². The van der Waals surface area contributed by atoms with Crippen molar-refractivity contribution in [2.75, 3.05) is 0 Å². The fraction of sp³-hybridized carbons (Fsp3) is 0.522. The summed E-state index contributed by atoms with van der Waals surface area (Å²) in [7, 11) is 0. The van der Waals surface area contributed by atoms with E-state index in [0.29, 0.717) is 5.57 Å². The highest BCUT2D eigenvalue weighted by atomic mass is 16.4. The van der Waals surface area contributed by atoms with Crippen LogP contribution in [0.4, 0.5) is 0 Å². The van der Waals surface area contributed by atoms with E-state index in [9.17, 15) is 4.79 Å². The minimum absolute atomic E-state index is 0.383. The number of hydrogen-bond acceptors (Lipinski definition) is 1. The fourth-order valence-corrected chi connectivity index (χ4v) is 2.26. The van der Waals surface area contributed by atoms with Crippen molar-refractivity contribution >= 4 is 5.97 Å². The summed E-state index contributed by atoms with van der Waals surface area (Å²) in [5, 5.41) is 8.71. The van der Waals surface area contributed by atoms with E-state index in [4.69, 9.17) is 5.11 Å². The number of aliphatic carboxylic acids is 1. The number of rotatable bonds is 15. The zero-order valence-electron chi connectivity index (χ0n) is 16.1. The van der Waals surface area contributed by atoms with E-state index in [1.165, 1.54) is 38.5 Å². The lowest BCUT2D eigenvalue weighted by molar-refractivity contribution is -0.132. The molecule has 0 radical (unpaired) electrons. The molecule has 25 heavy (non-hydrogen) atoms. The largest absolute Gasteiger partial charge is 0.478 e. The Kier molecular flexibility index (Phi) is 17.2. The maximum absolute atomic E-state index is 10.6. The monoisotopic (exact) mass is 344 g/mol. The highest BCUT2D eigenvalue weighted by Gasteiger charge is 1.95. The van der Waals surface area contributed by atoms with Crippen molar-refractivity contribution in [3.63, 3.8) is 0 Å². The molecule has 2 heteroatoms. The molecule has 0 atom stereocenters. The summed E-state index contributed by atoms with van der Waals surface area (Å²) in [6.07, 6.45) is 30.7. The van der Waals surface area contributed by atoms with Gasteiger partial charge < -0.3 is 5.11 Å². The minimum Gasteiger partial charge on any atom is -0.478 e. The number of carbonyl (C=O) groups is 1. The first-order valence-electron chi connectivity index (χ1n) is 9.70. The number of carboxylic acid groups (broad SMARTS) is 1. The molecule has 0 amide bonds. The third-order valence-electron chi connectivity index (χ3n) is 3.84. The molecule has 0 unspecified atom stereocenters. The minimum atomic E-state index is -0.848. The third kappa shape index (κ3) is 18.4. The van der Waals surface area contributed by atoms with Crippen LogP contribution >= 0.6 is 0 Å².